The number of rotatable bonds is 3. The maximum atomic E-state index is 3.69. The minimum Gasteiger partial charge on any atom is -0.310 e. The monoisotopic (exact) mass is 271 g/mol. The number of halogens is 1. The Labute approximate surface area is 97.0 Å². The van der Waals surface area contributed by atoms with E-state index in [0.717, 1.165) is 24.4 Å². The van der Waals surface area contributed by atoms with Gasteiger partial charge in [-0.05, 0) is 64.0 Å². The van der Waals surface area contributed by atoms with Gasteiger partial charge in [0, 0.05) is 12.6 Å². The predicted octanol–water partition coefficient (Wildman–Crippen LogP) is 3.40. The van der Waals surface area contributed by atoms with Gasteiger partial charge in [-0.3, -0.25) is 0 Å². The highest BCUT2D eigenvalue weighted by Gasteiger charge is 2.47. The van der Waals surface area contributed by atoms with Gasteiger partial charge >= 0.3 is 0 Å². The first-order valence-corrected chi connectivity index (χ1v) is 6.97. The molecule has 1 unspecified atom stereocenters. The summed E-state index contributed by atoms with van der Waals surface area (Å²) in [4.78, 5) is 0. The van der Waals surface area contributed by atoms with Gasteiger partial charge in [0.1, 0.15) is 0 Å². The normalized spacial score (nSPS) is 34.5. The topological polar surface area (TPSA) is 12.0 Å². The molecule has 3 atom stereocenters. The molecule has 1 N–H and O–H groups in total. The lowest BCUT2D eigenvalue weighted by Gasteiger charge is -2.13. The van der Waals surface area contributed by atoms with Crippen LogP contribution >= 0.6 is 27.3 Å². The second-order valence-electron chi connectivity index (χ2n) is 4.44. The van der Waals surface area contributed by atoms with E-state index in [9.17, 15) is 0 Å². The van der Waals surface area contributed by atoms with Crippen molar-refractivity contribution in [2.24, 2.45) is 11.8 Å². The molecule has 14 heavy (non-hydrogen) atoms. The highest BCUT2D eigenvalue weighted by molar-refractivity contribution is 9.11. The third-order valence-corrected chi connectivity index (χ3v) is 5.40. The molecule has 2 fully saturated rings. The van der Waals surface area contributed by atoms with Gasteiger partial charge in [0.25, 0.3) is 0 Å². The fourth-order valence-electron chi connectivity index (χ4n) is 2.64. The molecule has 2 saturated carbocycles. The van der Waals surface area contributed by atoms with E-state index in [0.29, 0.717) is 0 Å². The highest BCUT2D eigenvalue weighted by atomic mass is 79.9. The molecule has 0 aromatic carbocycles. The van der Waals surface area contributed by atoms with Gasteiger partial charge in [-0.15, -0.1) is 11.3 Å². The zero-order chi connectivity index (χ0) is 9.54. The van der Waals surface area contributed by atoms with Gasteiger partial charge in [-0.2, -0.15) is 0 Å². The lowest BCUT2D eigenvalue weighted by atomic mass is 10.1. The first-order chi connectivity index (χ1) is 6.84. The summed E-state index contributed by atoms with van der Waals surface area (Å²) in [6, 6.07) is 3.02. The van der Waals surface area contributed by atoms with Crippen LogP contribution in [0.2, 0.25) is 0 Å². The Morgan fingerprint density at radius 2 is 2.43 bits per heavy atom. The molecule has 0 spiro atoms. The van der Waals surface area contributed by atoms with Crippen molar-refractivity contribution < 1.29 is 0 Å². The molecule has 0 radical (unpaired) electrons. The Morgan fingerprint density at radius 1 is 1.50 bits per heavy atom. The smallest absolute Gasteiger partial charge is 0.0743 e. The van der Waals surface area contributed by atoms with E-state index in [4.69, 9.17) is 0 Å². The summed E-state index contributed by atoms with van der Waals surface area (Å²) in [5.41, 5.74) is 1.42. The van der Waals surface area contributed by atoms with Crippen molar-refractivity contribution in [1.29, 1.82) is 0 Å². The zero-order valence-corrected chi connectivity index (χ0v) is 10.4. The summed E-state index contributed by atoms with van der Waals surface area (Å²) in [5, 5.41) is 5.84. The second kappa shape index (κ2) is 3.62. The molecular formula is C11H14BrNS. The van der Waals surface area contributed by atoms with E-state index in [1.807, 2.05) is 0 Å². The molecule has 0 amide bonds. The number of hydrogen-bond acceptors (Lipinski definition) is 2. The van der Waals surface area contributed by atoms with Gasteiger partial charge in [-0.1, -0.05) is 0 Å². The van der Waals surface area contributed by atoms with Crippen molar-refractivity contribution in [1.82, 2.24) is 5.32 Å². The summed E-state index contributed by atoms with van der Waals surface area (Å²) >= 11 is 5.35. The lowest BCUT2D eigenvalue weighted by Crippen LogP contribution is -2.28. The Morgan fingerprint density at radius 3 is 3.00 bits per heavy atom. The molecule has 1 nitrogen and oxygen atoms in total. The van der Waals surface area contributed by atoms with E-state index in [-0.39, 0.29) is 0 Å². The SMILES string of the molecule is Brc1sccc1CNC1CC[C@@H]2C[C@H]12. The first-order valence-electron chi connectivity index (χ1n) is 5.30. The standard InChI is InChI=1S/C11H14BrNS/c12-11-8(3-4-14-11)6-13-10-2-1-7-5-9(7)10/h3-4,7,9-10,13H,1-2,5-6H2/t7-,9+,10?/m1/s1. The predicted molar refractivity (Wildman–Crippen MR) is 63.5 cm³/mol. The van der Waals surface area contributed by atoms with Crippen LogP contribution < -0.4 is 5.32 Å². The van der Waals surface area contributed by atoms with Crippen molar-refractivity contribution in [3.8, 4) is 0 Å². The van der Waals surface area contributed by atoms with E-state index in [1.165, 1.54) is 28.6 Å². The third kappa shape index (κ3) is 1.66. The molecular weight excluding hydrogens is 258 g/mol. The lowest BCUT2D eigenvalue weighted by molar-refractivity contribution is 0.474. The second-order valence-corrected chi connectivity index (χ2v) is 6.68. The van der Waals surface area contributed by atoms with E-state index in [2.05, 4.69) is 32.7 Å². The number of hydrogen-bond donors (Lipinski definition) is 1. The molecule has 1 aromatic heterocycles. The summed E-state index contributed by atoms with van der Waals surface area (Å²) in [7, 11) is 0. The van der Waals surface area contributed by atoms with E-state index in [1.54, 1.807) is 11.3 Å². The van der Waals surface area contributed by atoms with Crippen LogP contribution in [-0.4, -0.2) is 6.04 Å². The van der Waals surface area contributed by atoms with Gasteiger partial charge in [0.2, 0.25) is 0 Å². The minimum absolute atomic E-state index is 0.812. The summed E-state index contributed by atoms with van der Waals surface area (Å²) < 4.78 is 1.29. The Balaban J connectivity index is 1.56. The summed E-state index contributed by atoms with van der Waals surface area (Å²) in [6.45, 7) is 1.04. The number of thiophene rings is 1. The quantitative estimate of drug-likeness (QED) is 0.889. The van der Waals surface area contributed by atoms with Crippen LogP contribution in [0.4, 0.5) is 0 Å². The average molecular weight is 272 g/mol. The summed E-state index contributed by atoms with van der Waals surface area (Å²) in [5.74, 6) is 2.10. The van der Waals surface area contributed by atoms with Gasteiger partial charge in [0.15, 0.2) is 0 Å². The van der Waals surface area contributed by atoms with Crippen molar-refractivity contribution in [2.45, 2.75) is 31.8 Å². The van der Waals surface area contributed by atoms with Crippen LogP contribution in [-0.2, 0) is 6.54 Å². The van der Waals surface area contributed by atoms with Gasteiger partial charge in [0.05, 0.1) is 3.79 Å². The molecule has 3 heteroatoms. The van der Waals surface area contributed by atoms with E-state index >= 15 is 0 Å². The van der Waals surface area contributed by atoms with Crippen LogP contribution in [0.3, 0.4) is 0 Å². The Kier molecular flexibility index (Phi) is 2.42. The van der Waals surface area contributed by atoms with Crippen LogP contribution in [0.25, 0.3) is 0 Å². The van der Waals surface area contributed by atoms with Crippen molar-refractivity contribution >= 4 is 27.3 Å². The largest absolute Gasteiger partial charge is 0.310 e. The van der Waals surface area contributed by atoms with Crippen LogP contribution in [0.1, 0.15) is 24.8 Å². The first kappa shape index (κ1) is 9.37. The fourth-order valence-corrected chi connectivity index (χ4v) is 3.88. The fraction of sp³-hybridized carbons (Fsp3) is 0.636. The zero-order valence-electron chi connectivity index (χ0n) is 8.00. The molecule has 3 rings (SSSR count). The van der Waals surface area contributed by atoms with Crippen LogP contribution in [0, 0.1) is 11.8 Å². The minimum atomic E-state index is 0.812. The molecule has 2 aliphatic carbocycles. The van der Waals surface area contributed by atoms with E-state index < -0.39 is 0 Å². The Hall–Kier alpha value is 0.140. The van der Waals surface area contributed by atoms with Gasteiger partial charge in [-0.25, -0.2) is 0 Å². The molecule has 2 aliphatic rings. The molecule has 0 aliphatic heterocycles. The van der Waals surface area contributed by atoms with Crippen molar-refractivity contribution in [2.75, 3.05) is 0 Å². The van der Waals surface area contributed by atoms with Crippen LogP contribution in [0.15, 0.2) is 15.2 Å². The molecule has 1 heterocycles. The van der Waals surface area contributed by atoms with Gasteiger partial charge < -0.3 is 5.32 Å². The van der Waals surface area contributed by atoms with Crippen molar-refractivity contribution in [3.05, 3.63) is 20.8 Å². The number of nitrogens with one attached hydrogen (secondary N) is 1. The van der Waals surface area contributed by atoms with Crippen molar-refractivity contribution in [3.63, 3.8) is 0 Å². The summed E-state index contributed by atoms with van der Waals surface area (Å²) in [6.07, 6.45) is 4.35. The number of fused-ring (bicyclic) bond motifs is 1. The van der Waals surface area contributed by atoms with Crippen LogP contribution in [0.5, 0.6) is 0 Å². The average Bonchev–Trinajstić information content (AvgIpc) is 2.68. The maximum absolute atomic E-state index is 3.69. The molecule has 0 bridgehead atoms. The molecule has 76 valence electrons. The third-order valence-electron chi connectivity index (χ3n) is 3.59. The Bertz CT molecular complexity index is 336. The highest BCUT2D eigenvalue weighted by Crippen LogP contribution is 2.51. The maximum Gasteiger partial charge on any atom is 0.0743 e. The molecule has 1 aromatic rings. The molecule has 0 saturated heterocycles.